The first kappa shape index (κ1) is 25.1. The van der Waals surface area contributed by atoms with E-state index in [9.17, 15) is 14.7 Å². The van der Waals surface area contributed by atoms with Crippen molar-refractivity contribution in [1.82, 2.24) is 0 Å². The summed E-state index contributed by atoms with van der Waals surface area (Å²) in [4.78, 5) is 23.1. The lowest BCUT2D eigenvalue weighted by Crippen LogP contribution is -2.39. The SMILES string of the molecule is CC(C)(C1CCC(O)CC1)C1CCC(OC(=O)OC2CCCC(OC(=O)O)CCC2)CC1. The van der Waals surface area contributed by atoms with E-state index in [0.717, 1.165) is 64.2 Å². The van der Waals surface area contributed by atoms with Gasteiger partial charge in [0, 0.05) is 0 Å². The van der Waals surface area contributed by atoms with Crippen LogP contribution in [0.4, 0.5) is 9.59 Å². The van der Waals surface area contributed by atoms with E-state index in [0.29, 0.717) is 37.5 Å². The Balaban J connectivity index is 1.37. The summed E-state index contributed by atoms with van der Waals surface area (Å²) in [7, 11) is 0. The predicted octanol–water partition coefficient (Wildman–Crippen LogP) is 6.06. The number of hydrogen-bond donors (Lipinski definition) is 2. The van der Waals surface area contributed by atoms with Gasteiger partial charge >= 0.3 is 12.3 Å². The van der Waals surface area contributed by atoms with Crippen molar-refractivity contribution in [3.63, 3.8) is 0 Å². The molecule has 7 heteroatoms. The first-order valence-electron chi connectivity index (χ1n) is 12.7. The lowest BCUT2D eigenvalue weighted by Gasteiger charge is -2.46. The molecule has 0 amide bonds. The van der Waals surface area contributed by atoms with Gasteiger partial charge in [0.2, 0.25) is 0 Å². The first-order valence-corrected chi connectivity index (χ1v) is 12.7. The number of carbonyl (C=O) groups excluding carboxylic acids is 1. The molecule has 3 saturated carbocycles. The highest BCUT2D eigenvalue weighted by Gasteiger charge is 2.41. The maximum Gasteiger partial charge on any atom is 0.508 e. The second kappa shape index (κ2) is 11.6. The summed E-state index contributed by atoms with van der Waals surface area (Å²) in [5, 5.41) is 18.6. The minimum Gasteiger partial charge on any atom is -0.450 e. The molecule has 0 saturated heterocycles. The van der Waals surface area contributed by atoms with Crippen LogP contribution in [0.1, 0.15) is 104 Å². The van der Waals surface area contributed by atoms with Gasteiger partial charge in [-0.2, -0.15) is 0 Å². The molecular formula is C25H42O7. The molecule has 3 rings (SSSR count). The number of ether oxygens (including phenoxy) is 3. The molecule has 3 aliphatic carbocycles. The van der Waals surface area contributed by atoms with Crippen molar-refractivity contribution in [3.05, 3.63) is 0 Å². The van der Waals surface area contributed by atoms with Gasteiger partial charge in [-0.15, -0.1) is 0 Å². The Morgan fingerprint density at radius 1 is 0.656 bits per heavy atom. The molecule has 0 spiro atoms. The highest BCUT2D eigenvalue weighted by atomic mass is 16.7. The Morgan fingerprint density at radius 2 is 1.06 bits per heavy atom. The summed E-state index contributed by atoms with van der Waals surface area (Å²) in [6, 6.07) is 0. The minimum absolute atomic E-state index is 0.0652. The lowest BCUT2D eigenvalue weighted by atomic mass is 9.60. The van der Waals surface area contributed by atoms with Crippen molar-refractivity contribution in [2.24, 2.45) is 17.3 Å². The molecule has 7 nitrogen and oxygen atoms in total. The van der Waals surface area contributed by atoms with Gasteiger partial charge in [0.05, 0.1) is 6.10 Å². The van der Waals surface area contributed by atoms with E-state index < -0.39 is 12.3 Å². The Kier molecular flexibility index (Phi) is 9.09. The molecule has 32 heavy (non-hydrogen) atoms. The first-order chi connectivity index (χ1) is 15.2. The van der Waals surface area contributed by atoms with Gasteiger partial charge in [-0.3, -0.25) is 0 Å². The number of carbonyl (C=O) groups is 2. The van der Waals surface area contributed by atoms with E-state index in [1.165, 1.54) is 0 Å². The fourth-order valence-electron chi connectivity index (χ4n) is 6.19. The average Bonchev–Trinajstić information content (AvgIpc) is 2.72. The predicted molar refractivity (Wildman–Crippen MR) is 119 cm³/mol. The van der Waals surface area contributed by atoms with E-state index in [4.69, 9.17) is 19.3 Å². The van der Waals surface area contributed by atoms with Gasteiger partial charge in [-0.25, -0.2) is 9.59 Å². The smallest absolute Gasteiger partial charge is 0.450 e. The molecule has 2 N–H and O–H groups in total. The van der Waals surface area contributed by atoms with Gasteiger partial charge in [0.15, 0.2) is 0 Å². The van der Waals surface area contributed by atoms with E-state index in [1.54, 1.807) is 0 Å². The van der Waals surface area contributed by atoms with Gasteiger partial charge in [0.25, 0.3) is 0 Å². The molecule has 0 aliphatic heterocycles. The number of carboxylic acid groups (broad SMARTS) is 1. The minimum atomic E-state index is -1.22. The van der Waals surface area contributed by atoms with Crippen LogP contribution in [0.25, 0.3) is 0 Å². The Morgan fingerprint density at radius 3 is 1.53 bits per heavy atom. The third-order valence-corrected chi connectivity index (χ3v) is 8.37. The maximum absolute atomic E-state index is 12.4. The number of aliphatic hydroxyl groups excluding tert-OH is 1. The van der Waals surface area contributed by atoms with Crippen molar-refractivity contribution < 1.29 is 34.0 Å². The van der Waals surface area contributed by atoms with Crippen LogP contribution in [0.15, 0.2) is 0 Å². The van der Waals surface area contributed by atoms with Gasteiger partial charge in [-0.05, 0) is 107 Å². The molecule has 0 aromatic carbocycles. The van der Waals surface area contributed by atoms with Crippen molar-refractivity contribution in [1.29, 1.82) is 0 Å². The van der Waals surface area contributed by atoms with Crippen LogP contribution in [0.3, 0.4) is 0 Å². The molecule has 0 atom stereocenters. The fourth-order valence-corrected chi connectivity index (χ4v) is 6.19. The monoisotopic (exact) mass is 454 g/mol. The van der Waals surface area contributed by atoms with Crippen molar-refractivity contribution >= 4 is 12.3 Å². The van der Waals surface area contributed by atoms with Crippen molar-refractivity contribution in [3.8, 4) is 0 Å². The van der Waals surface area contributed by atoms with Crippen LogP contribution < -0.4 is 0 Å². The standard InChI is InChI=1S/C25H42O7/c1-25(2,17-9-13-19(26)14-10-17)18-11-15-22(16-12-18)32-24(29)31-21-7-3-5-20(6-4-8-21)30-23(27)28/h17-22,26H,3-16H2,1-2H3,(H,27,28). The number of aliphatic hydroxyl groups is 1. The third kappa shape index (κ3) is 7.26. The maximum atomic E-state index is 12.4. The largest absolute Gasteiger partial charge is 0.508 e. The number of rotatable bonds is 5. The van der Waals surface area contributed by atoms with Crippen LogP contribution in [0.2, 0.25) is 0 Å². The van der Waals surface area contributed by atoms with Crippen LogP contribution in [-0.4, -0.2) is 46.9 Å². The zero-order valence-corrected chi connectivity index (χ0v) is 19.8. The second-order valence-electron chi connectivity index (χ2n) is 10.8. The molecule has 3 fully saturated rings. The van der Waals surface area contributed by atoms with Crippen molar-refractivity contribution in [2.75, 3.05) is 0 Å². The normalized spacial score (nSPS) is 34.6. The van der Waals surface area contributed by atoms with Gasteiger partial charge < -0.3 is 24.4 Å². The van der Waals surface area contributed by atoms with Crippen LogP contribution >= 0.6 is 0 Å². The summed E-state index contributed by atoms with van der Waals surface area (Å²) in [5.74, 6) is 1.29. The van der Waals surface area contributed by atoms with E-state index in [2.05, 4.69) is 13.8 Å². The highest BCUT2D eigenvalue weighted by molar-refractivity contribution is 5.60. The molecule has 0 radical (unpaired) electrons. The summed E-state index contributed by atoms with van der Waals surface area (Å²) in [6.45, 7) is 4.77. The zero-order chi connectivity index (χ0) is 23.1. The van der Waals surface area contributed by atoms with Gasteiger partial charge in [0.1, 0.15) is 18.3 Å². The van der Waals surface area contributed by atoms with E-state index in [1.807, 2.05) is 0 Å². The quantitative estimate of drug-likeness (QED) is 0.487. The second-order valence-corrected chi connectivity index (χ2v) is 10.8. The Labute approximate surface area is 192 Å². The number of hydrogen-bond acceptors (Lipinski definition) is 6. The zero-order valence-electron chi connectivity index (χ0n) is 19.8. The molecular weight excluding hydrogens is 412 g/mol. The molecule has 0 unspecified atom stereocenters. The third-order valence-electron chi connectivity index (χ3n) is 8.37. The summed E-state index contributed by atoms with van der Waals surface area (Å²) in [5.41, 5.74) is 0.257. The van der Waals surface area contributed by atoms with Crippen LogP contribution in [-0.2, 0) is 14.2 Å². The fraction of sp³-hybridized carbons (Fsp3) is 0.920. The molecule has 0 heterocycles. The average molecular weight is 455 g/mol. The van der Waals surface area contributed by atoms with Crippen LogP contribution in [0, 0.1) is 17.3 Å². The Hall–Kier alpha value is -1.50. The molecule has 0 aromatic rings. The highest BCUT2D eigenvalue weighted by Crippen LogP contribution is 2.48. The topological polar surface area (TPSA) is 102 Å². The summed E-state index contributed by atoms with van der Waals surface area (Å²) < 4.78 is 16.2. The Bertz CT molecular complexity index is 593. The summed E-state index contributed by atoms with van der Waals surface area (Å²) in [6.07, 6.45) is 9.92. The van der Waals surface area contributed by atoms with Crippen LogP contribution in [0.5, 0.6) is 0 Å². The lowest BCUT2D eigenvalue weighted by molar-refractivity contribution is -0.0374. The van der Waals surface area contributed by atoms with Gasteiger partial charge in [-0.1, -0.05) is 13.8 Å². The molecule has 0 bridgehead atoms. The summed E-state index contributed by atoms with van der Waals surface area (Å²) >= 11 is 0. The molecule has 3 aliphatic rings. The van der Waals surface area contributed by atoms with E-state index in [-0.39, 0.29) is 29.8 Å². The molecule has 184 valence electrons. The molecule has 0 aromatic heterocycles. The van der Waals surface area contributed by atoms with Crippen molar-refractivity contribution in [2.45, 2.75) is 128 Å². The van der Waals surface area contributed by atoms with E-state index >= 15 is 0 Å².